The van der Waals surface area contributed by atoms with Crippen LogP contribution in [-0.2, 0) is 14.3 Å². The van der Waals surface area contributed by atoms with Gasteiger partial charge in [0.25, 0.3) is 0 Å². The minimum absolute atomic E-state index is 0.0539. The molecule has 5 nitrogen and oxygen atoms in total. The Morgan fingerprint density at radius 1 is 1.18 bits per heavy atom. The third-order valence-corrected chi connectivity index (χ3v) is 7.43. The second kappa shape index (κ2) is 10.3. The van der Waals surface area contributed by atoms with Gasteiger partial charge in [-0.25, -0.2) is 0 Å². The number of piperidine rings is 1. The van der Waals surface area contributed by atoms with Gasteiger partial charge >= 0.3 is 5.97 Å². The van der Waals surface area contributed by atoms with E-state index in [1.165, 1.54) is 12.0 Å². The number of esters is 1. The molecule has 154 valence electrons. The lowest BCUT2D eigenvalue weighted by molar-refractivity contribution is -0.147. The fourth-order valence-corrected chi connectivity index (χ4v) is 5.66. The van der Waals surface area contributed by atoms with Crippen LogP contribution in [0.2, 0.25) is 0 Å². The zero-order valence-electron chi connectivity index (χ0n) is 16.8. The zero-order valence-corrected chi connectivity index (χ0v) is 17.6. The number of thioether (sulfide) groups is 1. The van der Waals surface area contributed by atoms with E-state index < -0.39 is 0 Å². The Balaban J connectivity index is 1.40. The number of amides is 1. The molecule has 1 heterocycles. The van der Waals surface area contributed by atoms with Crippen molar-refractivity contribution >= 4 is 23.6 Å². The van der Waals surface area contributed by atoms with Crippen molar-refractivity contribution < 1.29 is 14.3 Å². The first-order chi connectivity index (χ1) is 13.6. The molecule has 0 radical (unpaired) electrons. The molecule has 28 heavy (non-hydrogen) atoms. The molecule has 1 aromatic rings. The lowest BCUT2D eigenvalue weighted by Gasteiger charge is -2.31. The first kappa shape index (κ1) is 21.2. The van der Waals surface area contributed by atoms with Crippen LogP contribution in [0.5, 0.6) is 0 Å². The van der Waals surface area contributed by atoms with Crippen molar-refractivity contribution in [2.45, 2.75) is 54.6 Å². The minimum atomic E-state index is -0.305. The van der Waals surface area contributed by atoms with Crippen molar-refractivity contribution in [1.82, 2.24) is 10.2 Å². The highest BCUT2D eigenvalue weighted by Crippen LogP contribution is 2.45. The lowest BCUT2D eigenvalue weighted by atomic mass is 9.97. The number of rotatable bonds is 8. The summed E-state index contributed by atoms with van der Waals surface area (Å²) in [5.41, 5.74) is 0. The number of hydrogen-bond donors (Lipinski definition) is 1. The van der Waals surface area contributed by atoms with Gasteiger partial charge in [-0.15, -0.1) is 11.8 Å². The standard InChI is InChI=1S/C22H32N2O3S/c1-27-20(25)18-10-16-24(17-11-18)15-7-14-23-21(26)22(12-5-6-13-22)28-19-8-3-2-4-9-19/h2-4,8-9,18H,5-7,10-17H2,1H3,(H,23,26). The average molecular weight is 405 g/mol. The summed E-state index contributed by atoms with van der Waals surface area (Å²) >= 11 is 1.73. The van der Waals surface area contributed by atoms with Crippen LogP contribution in [0.25, 0.3) is 0 Å². The zero-order chi connectivity index (χ0) is 19.8. The summed E-state index contributed by atoms with van der Waals surface area (Å²) < 4.78 is 4.54. The number of benzene rings is 1. The molecule has 6 heteroatoms. The van der Waals surface area contributed by atoms with E-state index in [0.29, 0.717) is 6.54 Å². The summed E-state index contributed by atoms with van der Waals surface area (Å²) in [7, 11) is 1.46. The van der Waals surface area contributed by atoms with E-state index in [1.807, 2.05) is 18.2 Å². The maximum atomic E-state index is 13.0. The van der Waals surface area contributed by atoms with Gasteiger partial charge in [-0.3, -0.25) is 9.59 Å². The maximum absolute atomic E-state index is 13.0. The van der Waals surface area contributed by atoms with E-state index in [2.05, 4.69) is 22.3 Å². The largest absolute Gasteiger partial charge is 0.469 e. The fraction of sp³-hybridized carbons (Fsp3) is 0.636. The van der Waals surface area contributed by atoms with Crippen molar-refractivity contribution in [2.24, 2.45) is 5.92 Å². The van der Waals surface area contributed by atoms with Crippen LogP contribution in [0.4, 0.5) is 0 Å². The predicted molar refractivity (Wildman–Crippen MR) is 112 cm³/mol. The third-order valence-electron chi connectivity index (χ3n) is 5.94. The molecule has 1 N–H and O–H groups in total. The Bertz CT molecular complexity index is 638. The molecule has 0 bridgehead atoms. The Kier molecular flexibility index (Phi) is 7.80. The van der Waals surface area contributed by atoms with E-state index in [9.17, 15) is 9.59 Å². The second-order valence-corrected chi connectivity index (χ2v) is 9.32. The Hall–Kier alpha value is -1.53. The normalized spacial score (nSPS) is 20.0. The van der Waals surface area contributed by atoms with E-state index >= 15 is 0 Å². The monoisotopic (exact) mass is 404 g/mol. The number of hydrogen-bond acceptors (Lipinski definition) is 5. The highest BCUT2D eigenvalue weighted by atomic mass is 32.2. The van der Waals surface area contributed by atoms with Gasteiger partial charge in [0, 0.05) is 11.4 Å². The van der Waals surface area contributed by atoms with Gasteiger partial charge in [-0.1, -0.05) is 31.0 Å². The van der Waals surface area contributed by atoms with Crippen molar-refractivity contribution in [1.29, 1.82) is 0 Å². The number of nitrogens with zero attached hydrogens (tertiary/aromatic N) is 1. The molecule has 1 amide bonds. The summed E-state index contributed by atoms with van der Waals surface area (Å²) in [5.74, 6) is 0.172. The van der Waals surface area contributed by atoms with E-state index in [0.717, 1.165) is 64.6 Å². The van der Waals surface area contributed by atoms with Gasteiger partial charge in [-0.2, -0.15) is 0 Å². The van der Waals surface area contributed by atoms with Crippen LogP contribution >= 0.6 is 11.8 Å². The molecule has 0 unspecified atom stereocenters. The topological polar surface area (TPSA) is 58.6 Å². The summed E-state index contributed by atoms with van der Waals surface area (Å²) in [6.07, 6.45) is 6.86. The van der Waals surface area contributed by atoms with Crippen LogP contribution in [-0.4, -0.2) is 54.8 Å². The summed E-state index contributed by atoms with van der Waals surface area (Å²) in [5, 5.41) is 3.20. The van der Waals surface area contributed by atoms with E-state index in [1.54, 1.807) is 11.8 Å². The molecular weight excluding hydrogens is 372 g/mol. The van der Waals surface area contributed by atoms with Crippen LogP contribution < -0.4 is 5.32 Å². The number of methoxy groups -OCH3 is 1. The molecule has 0 aromatic heterocycles. The van der Waals surface area contributed by atoms with Gasteiger partial charge in [0.05, 0.1) is 17.8 Å². The average Bonchev–Trinajstić information content (AvgIpc) is 3.21. The SMILES string of the molecule is COC(=O)C1CCN(CCCNC(=O)C2(Sc3ccccc3)CCCC2)CC1. The van der Waals surface area contributed by atoms with E-state index in [-0.39, 0.29) is 22.5 Å². The molecule has 1 saturated heterocycles. The number of likely N-dealkylation sites (tertiary alicyclic amines) is 1. The molecule has 1 aliphatic heterocycles. The number of carbonyl (C=O) groups excluding carboxylic acids is 2. The molecule has 1 aliphatic carbocycles. The van der Waals surface area contributed by atoms with Gasteiger partial charge in [-0.05, 0) is 63.9 Å². The van der Waals surface area contributed by atoms with Crippen LogP contribution in [0.1, 0.15) is 44.9 Å². The Morgan fingerprint density at radius 2 is 1.86 bits per heavy atom. The van der Waals surface area contributed by atoms with Gasteiger partial charge < -0.3 is 15.0 Å². The second-order valence-electron chi connectivity index (χ2n) is 7.87. The minimum Gasteiger partial charge on any atom is -0.469 e. The van der Waals surface area contributed by atoms with Crippen molar-refractivity contribution in [3.63, 3.8) is 0 Å². The Morgan fingerprint density at radius 3 is 2.50 bits per heavy atom. The number of carbonyl (C=O) groups is 2. The summed E-state index contributed by atoms with van der Waals surface area (Å²) in [6, 6.07) is 10.3. The third kappa shape index (κ3) is 5.51. The molecule has 3 rings (SSSR count). The van der Waals surface area contributed by atoms with Gasteiger partial charge in [0.2, 0.25) is 5.91 Å². The fourth-order valence-electron chi connectivity index (χ4n) is 4.26. The number of nitrogens with one attached hydrogen (secondary N) is 1. The lowest BCUT2D eigenvalue weighted by Crippen LogP contribution is -2.43. The van der Waals surface area contributed by atoms with Gasteiger partial charge in [0.1, 0.15) is 0 Å². The van der Waals surface area contributed by atoms with Crippen molar-refractivity contribution in [3.8, 4) is 0 Å². The van der Waals surface area contributed by atoms with E-state index in [4.69, 9.17) is 4.74 Å². The Labute approximate surface area is 172 Å². The summed E-state index contributed by atoms with van der Waals surface area (Å²) in [6.45, 7) is 3.54. The van der Waals surface area contributed by atoms with Crippen LogP contribution in [0, 0.1) is 5.92 Å². The smallest absolute Gasteiger partial charge is 0.308 e. The predicted octanol–water partition coefficient (Wildman–Crippen LogP) is 3.48. The highest BCUT2D eigenvalue weighted by molar-refractivity contribution is 8.01. The molecule has 0 spiro atoms. The quantitative estimate of drug-likeness (QED) is 0.531. The first-order valence-electron chi connectivity index (χ1n) is 10.5. The molecule has 2 fully saturated rings. The maximum Gasteiger partial charge on any atom is 0.308 e. The molecule has 1 aromatic carbocycles. The number of ether oxygens (including phenoxy) is 1. The van der Waals surface area contributed by atoms with Crippen LogP contribution in [0.3, 0.4) is 0 Å². The highest BCUT2D eigenvalue weighted by Gasteiger charge is 2.41. The molecule has 2 aliphatic rings. The molecule has 1 saturated carbocycles. The van der Waals surface area contributed by atoms with Crippen molar-refractivity contribution in [3.05, 3.63) is 30.3 Å². The van der Waals surface area contributed by atoms with Crippen molar-refractivity contribution in [2.75, 3.05) is 33.3 Å². The molecular formula is C22H32N2O3S. The first-order valence-corrected chi connectivity index (χ1v) is 11.3. The summed E-state index contributed by atoms with van der Waals surface area (Å²) in [4.78, 5) is 28.1. The van der Waals surface area contributed by atoms with Gasteiger partial charge in [0.15, 0.2) is 0 Å². The van der Waals surface area contributed by atoms with Crippen LogP contribution in [0.15, 0.2) is 35.2 Å². The molecule has 0 atom stereocenters.